The Hall–Kier alpha value is -3.56. The molecule has 0 aliphatic heterocycles. The van der Waals surface area contributed by atoms with Gasteiger partial charge in [-0.2, -0.15) is 0 Å². The molecular weight excluding hydrogens is 665 g/mol. The molecule has 0 fully saturated rings. The summed E-state index contributed by atoms with van der Waals surface area (Å²) in [6.45, 7) is 5.54. The molecule has 7 nitrogen and oxygen atoms in total. The van der Waals surface area contributed by atoms with E-state index in [1.165, 1.54) is 17.0 Å². The van der Waals surface area contributed by atoms with Crippen LogP contribution in [0.1, 0.15) is 30.5 Å². The molecule has 1 N–H and O–H groups in total. The Morgan fingerprint density at radius 3 is 2.07 bits per heavy atom. The molecule has 1 atom stereocenters. The molecule has 11 heteroatoms. The molecule has 0 radical (unpaired) electrons. The van der Waals surface area contributed by atoms with Crippen LogP contribution in [0.4, 0.5) is 5.69 Å². The van der Waals surface area contributed by atoms with Crippen LogP contribution in [0.2, 0.25) is 15.1 Å². The maximum absolute atomic E-state index is 14.5. The van der Waals surface area contributed by atoms with E-state index >= 15 is 0 Å². The molecule has 0 saturated carbocycles. The Labute approximate surface area is 286 Å². The minimum atomic E-state index is -4.23. The smallest absolute Gasteiger partial charge is 0.264 e. The summed E-state index contributed by atoms with van der Waals surface area (Å²) in [5.74, 6) is -0.802. The third-order valence-electron chi connectivity index (χ3n) is 7.31. The fraction of sp³-hybridized carbons (Fsp3) is 0.257. The quantitative estimate of drug-likeness (QED) is 0.156. The fourth-order valence-electron chi connectivity index (χ4n) is 4.78. The highest BCUT2D eigenvalue weighted by Gasteiger charge is 2.35. The SMILES string of the molecule is Cc1ccc(S(=O)(=O)N(CC(=O)N(Cc2ccc(Cl)cc2Cl)C(Cc2ccccc2)C(=O)NCC(C)C)c2ccc(Cl)cc2)cc1. The summed E-state index contributed by atoms with van der Waals surface area (Å²) in [7, 11) is -4.23. The van der Waals surface area contributed by atoms with Gasteiger partial charge in [0.2, 0.25) is 11.8 Å². The fourth-order valence-corrected chi connectivity index (χ4v) is 6.79. The Morgan fingerprint density at radius 2 is 1.46 bits per heavy atom. The lowest BCUT2D eigenvalue weighted by Crippen LogP contribution is -2.53. The van der Waals surface area contributed by atoms with Crippen LogP contribution in [0.25, 0.3) is 0 Å². The van der Waals surface area contributed by atoms with Crippen molar-refractivity contribution in [1.82, 2.24) is 10.2 Å². The van der Waals surface area contributed by atoms with Crippen molar-refractivity contribution in [2.24, 2.45) is 5.92 Å². The average Bonchev–Trinajstić information content (AvgIpc) is 3.02. The lowest BCUT2D eigenvalue weighted by molar-refractivity contribution is -0.140. The molecule has 4 rings (SSSR count). The number of sulfonamides is 1. The number of carbonyl (C=O) groups is 2. The molecule has 0 aliphatic carbocycles. The van der Waals surface area contributed by atoms with Crippen molar-refractivity contribution in [1.29, 1.82) is 0 Å². The van der Waals surface area contributed by atoms with Crippen LogP contribution >= 0.6 is 34.8 Å². The second kappa shape index (κ2) is 15.8. The summed E-state index contributed by atoms with van der Waals surface area (Å²) < 4.78 is 29.3. The van der Waals surface area contributed by atoms with E-state index in [2.05, 4.69) is 5.32 Å². The number of hydrogen-bond acceptors (Lipinski definition) is 4. The standard InChI is InChI=1S/C35H36Cl3N3O4S/c1-24(2)21-39-35(43)33(19-26-7-5-4-6-8-26)40(22-27-11-12-29(37)20-32(27)38)34(42)23-41(30-15-13-28(36)14-16-30)46(44,45)31-17-9-25(3)10-18-31/h4-18,20,24,33H,19,21-23H2,1-3H3,(H,39,43). The minimum absolute atomic E-state index is 0.0173. The first-order valence-corrected chi connectivity index (χ1v) is 17.3. The molecule has 4 aromatic rings. The van der Waals surface area contributed by atoms with Gasteiger partial charge in [0.05, 0.1) is 10.6 Å². The second-order valence-corrected chi connectivity index (χ2v) is 14.5. The van der Waals surface area contributed by atoms with E-state index in [4.69, 9.17) is 34.8 Å². The molecular formula is C35H36Cl3N3O4S. The van der Waals surface area contributed by atoms with E-state index in [1.807, 2.05) is 51.1 Å². The van der Waals surface area contributed by atoms with Crippen LogP contribution in [-0.4, -0.2) is 44.3 Å². The normalized spacial score (nSPS) is 12.1. The van der Waals surface area contributed by atoms with Crippen molar-refractivity contribution in [2.45, 2.75) is 44.7 Å². The van der Waals surface area contributed by atoms with Crippen molar-refractivity contribution in [3.8, 4) is 0 Å². The van der Waals surface area contributed by atoms with E-state index in [0.29, 0.717) is 27.2 Å². The summed E-state index contributed by atoms with van der Waals surface area (Å²) in [5.41, 5.74) is 2.50. The lowest BCUT2D eigenvalue weighted by Gasteiger charge is -2.34. The zero-order valence-corrected chi connectivity index (χ0v) is 28.9. The Balaban J connectivity index is 1.81. The number of aryl methyl sites for hydroxylation is 1. The van der Waals surface area contributed by atoms with Crippen molar-refractivity contribution in [2.75, 3.05) is 17.4 Å². The van der Waals surface area contributed by atoms with Crippen LogP contribution in [0, 0.1) is 12.8 Å². The first-order valence-electron chi connectivity index (χ1n) is 14.7. The van der Waals surface area contributed by atoms with Gasteiger partial charge in [0.15, 0.2) is 0 Å². The van der Waals surface area contributed by atoms with Gasteiger partial charge in [-0.3, -0.25) is 13.9 Å². The van der Waals surface area contributed by atoms with Gasteiger partial charge in [-0.05, 0) is 72.5 Å². The molecule has 0 spiro atoms. The van der Waals surface area contributed by atoms with Gasteiger partial charge >= 0.3 is 0 Å². The van der Waals surface area contributed by atoms with Crippen molar-refractivity contribution in [3.05, 3.63) is 129 Å². The van der Waals surface area contributed by atoms with Crippen molar-refractivity contribution < 1.29 is 18.0 Å². The van der Waals surface area contributed by atoms with E-state index in [1.54, 1.807) is 54.6 Å². The molecule has 0 saturated heterocycles. The molecule has 4 aromatic carbocycles. The molecule has 2 amide bonds. The Morgan fingerprint density at radius 1 is 0.826 bits per heavy atom. The molecule has 46 heavy (non-hydrogen) atoms. The van der Waals surface area contributed by atoms with Crippen molar-refractivity contribution >= 4 is 62.3 Å². The van der Waals surface area contributed by atoms with Gasteiger partial charge in [0, 0.05) is 34.6 Å². The first-order chi connectivity index (χ1) is 21.8. The van der Waals surface area contributed by atoms with Crippen LogP contribution in [0.3, 0.4) is 0 Å². The van der Waals surface area contributed by atoms with Gasteiger partial charge in [-0.15, -0.1) is 0 Å². The highest BCUT2D eigenvalue weighted by atomic mass is 35.5. The number of hydrogen-bond donors (Lipinski definition) is 1. The second-order valence-electron chi connectivity index (χ2n) is 11.4. The van der Waals surface area contributed by atoms with Crippen LogP contribution < -0.4 is 9.62 Å². The molecule has 242 valence electrons. The highest BCUT2D eigenvalue weighted by Crippen LogP contribution is 2.28. The number of amides is 2. The van der Waals surface area contributed by atoms with Crippen LogP contribution in [-0.2, 0) is 32.6 Å². The highest BCUT2D eigenvalue weighted by molar-refractivity contribution is 7.92. The van der Waals surface area contributed by atoms with Gasteiger partial charge < -0.3 is 10.2 Å². The number of carbonyl (C=O) groups excluding carboxylic acids is 2. The summed E-state index contributed by atoms with van der Waals surface area (Å²) in [4.78, 5) is 29.8. The molecule has 0 bridgehead atoms. The third-order valence-corrected chi connectivity index (χ3v) is 9.94. The maximum atomic E-state index is 14.5. The molecule has 0 aliphatic rings. The summed E-state index contributed by atoms with van der Waals surface area (Å²) in [6, 6.07) is 25.8. The Kier molecular flexibility index (Phi) is 12.1. The van der Waals surface area contributed by atoms with E-state index < -0.39 is 28.5 Å². The number of nitrogens with one attached hydrogen (secondary N) is 1. The zero-order chi connectivity index (χ0) is 33.4. The minimum Gasteiger partial charge on any atom is -0.354 e. The number of halogens is 3. The maximum Gasteiger partial charge on any atom is 0.264 e. The predicted octanol–water partition coefficient (Wildman–Crippen LogP) is 7.56. The van der Waals surface area contributed by atoms with Crippen molar-refractivity contribution in [3.63, 3.8) is 0 Å². The number of anilines is 1. The summed E-state index contributed by atoms with van der Waals surface area (Å²) in [5, 5.41) is 4.11. The monoisotopic (exact) mass is 699 g/mol. The van der Waals surface area contributed by atoms with Gasteiger partial charge in [0.25, 0.3) is 10.0 Å². The van der Waals surface area contributed by atoms with E-state index in [-0.39, 0.29) is 35.4 Å². The topological polar surface area (TPSA) is 86.8 Å². The molecule has 0 heterocycles. The summed E-state index contributed by atoms with van der Waals surface area (Å²) in [6.07, 6.45) is 0.188. The molecule has 1 unspecified atom stereocenters. The van der Waals surface area contributed by atoms with Gasteiger partial charge in [-0.25, -0.2) is 8.42 Å². The third kappa shape index (κ3) is 9.26. The molecule has 0 aromatic heterocycles. The number of benzene rings is 4. The lowest BCUT2D eigenvalue weighted by atomic mass is 10.0. The average molecular weight is 701 g/mol. The number of rotatable bonds is 13. The largest absolute Gasteiger partial charge is 0.354 e. The van der Waals surface area contributed by atoms with Crippen LogP contribution in [0.5, 0.6) is 0 Å². The first kappa shape index (κ1) is 35.3. The Bertz CT molecular complexity index is 1750. The van der Waals surface area contributed by atoms with Gasteiger partial charge in [0.1, 0.15) is 12.6 Å². The predicted molar refractivity (Wildman–Crippen MR) is 186 cm³/mol. The van der Waals surface area contributed by atoms with Gasteiger partial charge in [-0.1, -0.05) is 103 Å². The number of nitrogens with zero attached hydrogens (tertiary/aromatic N) is 2. The van der Waals surface area contributed by atoms with Crippen LogP contribution in [0.15, 0.2) is 102 Å². The van der Waals surface area contributed by atoms with E-state index in [0.717, 1.165) is 15.4 Å². The van der Waals surface area contributed by atoms with E-state index in [9.17, 15) is 18.0 Å². The summed E-state index contributed by atoms with van der Waals surface area (Å²) >= 11 is 18.9. The zero-order valence-electron chi connectivity index (χ0n) is 25.8.